The molecule has 3 rings (SSSR count). The van der Waals surface area contributed by atoms with Crippen molar-refractivity contribution in [2.45, 2.75) is 18.9 Å². The van der Waals surface area contributed by atoms with Gasteiger partial charge in [-0.25, -0.2) is 4.39 Å². The van der Waals surface area contributed by atoms with Crippen molar-refractivity contribution in [3.05, 3.63) is 62.3 Å². The molecule has 2 nitrogen and oxygen atoms in total. The van der Waals surface area contributed by atoms with Crippen molar-refractivity contribution in [2.24, 2.45) is 5.73 Å². The SMILES string of the molecule is NC(Cc1cc(Br)cc2c1OCC2)c1ccc(Cl)cc1F. The van der Waals surface area contributed by atoms with Crippen LogP contribution in [-0.2, 0) is 12.8 Å². The van der Waals surface area contributed by atoms with Crippen molar-refractivity contribution < 1.29 is 9.13 Å². The number of hydrogen-bond donors (Lipinski definition) is 1. The summed E-state index contributed by atoms with van der Waals surface area (Å²) >= 11 is 9.27. The Bertz CT molecular complexity index is 692. The highest BCUT2D eigenvalue weighted by Gasteiger charge is 2.20. The van der Waals surface area contributed by atoms with E-state index in [9.17, 15) is 4.39 Å². The van der Waals surface area contributed by atoms with Gasteiger partial charge in [-0.05, 0) is 41.8 Å². The molecule has 0 aliphatic carbocycles. The lowest BCUT2D eigenvalue weighted by atomic mass is 9.97. The molecule has 1 atom stereocenters. The van der Waals surface area contributed by atoms with Crippen LogP contribution in [0.2, 0.25) is 5.02 Å². The van der Waals surface area contributed by atoms with E-state index in [0.29, 0.717) is 23.6 Å². The van der Waals surface area contributed by atoms with Crippen LogP contribution in [-0.4, -0.2) is 6.61 Å². The van der Waals surface area contributed by atoms with Crippen LogP contribution in [0.3, 0.4) is 0 Å². The molecule has 1 aliphatic heterocycles. The Morgan fingerprint density at radius 2 is 2.14 bits per heavy atom. The molecule has 0 saturated heterocycles. The molecule has 2 N–H and O–H groups in total. The van der Waals surface area contributed by atoms with Gasteiger partial charge in [0.2, 0.25) is 0 Å². The van der Waals surface area contributed by atoms with Gasteiger partial charge in [0.25, 0.3) is 0 Å². The average molecular weight is 371 g/mol. The zero-order valence-corrected chi connectivity index (χ0v) is 13.5. The van der Waals surface area contributed by atoms with Gasteiger partial charge in [-0.15, -0.1) is 0 Å². The summed E-state index contributed by atoms with van der Waals surface area (Å²) in [6.07, 6.45) is 1.41. The summed E-state index contributed by atoms with van der Waals surface area (Å²) in [5, 5.41) is 0.370. The van der Waals surface area contributed by atoms with E-state index in [2.05, 4.69) is 22.0 Å². The van der Waals surface area contributed by atoms with Gasteiger partial charge in [0.1, 0.15) is 11.6 Å². The van der Waals surface area contributed by atoms with Crippen LogP contribution in [0.15, 0.2) is 34.8 Å². The zero-order chi connectivity index (χ0) is 15.0. The molecule has 0 fully saturated rings. The first kappa shape index (κ1) is 14.8. The second-order valence-corrected chi connectivity index (χ2v) is 6.48. The fourth-order valence-electron chi connectivity index (χ4n) is 2.65. The smallest absolute Gasteiger partial charge is 0.129 e. The van der Waals surface area contributed by atoms with E-state index >= 15 is 0 Å². The van der Waals surface area contributed by atoms with Crippen molar-refractivity contribution >= 4 is 27.5 Å². The molecular weight excluding hydrogens is 357 g/mol. The molecule has 5 heteroatoms. The van der Waals surface area contributed by atoms with E-state index in [1.807, 2.05) is 6.07 Å². The van der Waals surface area contributed by atoms with Gasteiger partial charge < -0.3 is 10.5 Å². The molecule has 2 aromatic carbocycles. The van der Waals surface area contributed by atoms with Crippen LogP contribution >= 0.6 is 27.5 Å². The van der Waals surface area contributed by atoms with Crippen molar-refractivity contribution in [1.82, 2.24) is 0 Å². The molecule has 0 amide bonds. The van der Waals surface area contributed by atoms with E-state index in [-0.39, 0.29) is 5.82 Å². The molecule has 0 aromatic heterocycles. The van der Waals surface area contributed by atoms with E-state index in [4.69, 9.17) is 22.1 Å². The Kier molecular flexibility index (Phi) is 4.20. The number of ether oxygens (including phenoxy) is 1. The first-order valence-electron chi connectivity index (χ1n) is 6.69. The van der Waals surface area contributed by atoms with E-state index < -0.39 is 6.04 Å². The summed E-state index contributed by atoms with van der Waals surface area (Å²) in [7, 11) is 0. The normalized spacial score (nSPS) is 14.7. The number of rotatable bonds is 3. The lowest BCUT2D eigenvalue weighted by Crippen LogP contribution is -2.15. The van der Waals surface area contributed by atoms with Crippen LogP contribution in [0.4, 0.5) is 4.39 Å². The van der Waals surface area contributed by atoms with E-state index in [1.165, 1.54) is 11.6 Å². The van der Waals surface area contributed by atoms with Gasteiger partial charge >= 0.3 is 0 Å². The average Bonchev–Trinajstić information content (AvgIpc) is 2.86. The molecule has 1 unspecified atom stereocenters. The van der Waals surface area contributed by atoms with Gasteiger partial charge in [0.15, 0.2) is 0 Å². The minimum Gasteiger partial charge on any atom is -0.493 e. The lowest BCUT2D eigenvalue weighted by molar-refractivity contribution is 0.352. The molecule has 1 heterocycles. The van der Waals surface area contributed by atoms with Gasteiger partial charge in [-0.1, -0.05) is 33.6 Å². The predicted octanol–water partition coefficient (Wildman–Crippen LogP) is 4.42. The Hall–Kier alpha value is -1.10. The second-order valence-electron chi connectivity index (χ2n) is 5.13. The third kappa shape index (κ3) is 3.07. The molecule has 21 heavy (non-hydrogen) atoms. The summed E-state index contributed by atoms with van der Waals surface area (Å²) in [5.74, 6) is 0.519. The maximum absolute atomic E-state index is 14.0. The predicted molar refractivity (Wildman–Crippen MR) is 85.4 cm³/mol. The first-order valence-corrected chi connectivity index (χ1v) is 7.86. The molecule has 2 aromatic rings. The maximum Gasteiger partial charge on any atom is 0.129 e. The van der Waals surface area contributed by atoms with Gasteiger partial charge in [-0.3, -0.25) is 0 Å². The molecule has 0 bridgehead atoms. The summed E-state index contributed by atoms with van der Waals surface area (Å²) < 4.78 is 20.6. The van der Waals surface area contributed by atoms with Crippen LogP contribution in [0.1, 0.15) is 22.7 Å². The van der Waals surface area contributed by atoms with Gasteiger partial charge in [0, 0.05) is 27.5 Å². The molecule has 0 spiro atoms. The highest BCUT2D eigenvalue weighted by molar-refractivity contribution is 9.10. The number of benzene rings is 2. The maximum atomic E-state index is 14.0. The molecule has 0 saturated carbocycles. The van der Waals surface area contributed by atoms with Crippen LogP contribution < -0.4 is 10.5 Å². The van der Waals surface area contributed by atoms with Crippen LogP contribution in [0.25, 0.3) is 0 Å². The van der Waals surface area contributed by atoms with E-state index in [1.54, 1.807) is 12.1 Å². The van der Waals surface area contributed by atoms with E-state index in [0.717, 1.165) is 22.2 Å². The first-order chi connectivity index (χ1) is 10.0. The topological polar surface area (TPSA) is 35.2 Å². The highest BCUT2D eigenvalue weighted by Crippen LogP contribution is 2.35. The Morgan fingerprint density at radius 1 is 1.33 bits per heavy atom. The zero-order valence-electron chi connectivity index (χ0n) is 11.2. The summed E-state index contributed by atoms with van der Waals surface area (Å²) in [4.78, 5) is 0. The lowest BCUT2D eigenvalue weighted by Gasteiger charge is -2.16. The second kappa shape index (κ2) is 5.95. The minimum absolute atomic E-state index is 0.370. The van der Waals surface area contributed by atoms with Gasteiger partial charge in [-0.2, -0.15) is 0 Å². The van der Waals surface area contributed by atoms with Crippen molar-refractivity contribution in [3.8, 4) is 5.75 Å². The third-order valence-corrected chi connectivity index (χ3v) is 4.32. The largest absolute Gasteiger partial charge is 0.493 e. The summed E-state index contributed by atoms with van der Waals surface area (Å²) in [6.45, 7) is 0.684. The Balaban J connectivity index is 1.90. The van der Waals surface area contributed by atoms with Crippen LogP contribution in [0, 0.1) is 5.82 Å². The fraction of sp³-hybridized carbons (Fsp3) is 0.250. The number of hydrogen-bond acceptors (Lipinski definition) is 2. The summed E-state index contributed by atoms with van der Waals surface area (Å²) in [5.41, 5.74) is 8.80. The third-order valence-electron chi connectivity index (χ3n) is 3.63. The van der Waals surface area contributed by atoms with Crippen molar-refractivity contribution in [2.75, 3.05) is 6.61 Å². The number of nitrogens with two attached hydrogens (primary N) is 1. The number of halogens is 3. The van der Waals surface area contributed by atoms with Crippen molar-refractivity contribution in [3.63, 3.8) is 0 Å². The Morgan fingerprint density at radius 3 is 2.90 bits per heavy atom. The molecule has 0 radical (unpaired) electrons. The monoisotopic (exact) mass is 369 g/mol. The minimum atomic E-state index is -0.440. The van der Waals surface area contributed by atoms with Gasteiger partial charge in [0.05, 0.1) is 6.61 Å². The Labute approximate surface area is 136 Å². The fourth-order valence-corrected chi connectivity index (χ4v) is 3.36. The van der Waals surface area contributed by atoms with Crippen molar-refractivity contribution in [1.29, 1.82) is 0 Å². The number of fused-ring (bicyclic) bond motifs is 1. The quantitative estimate of drug-likeness (QED) is 0.868. The summed E-state index contributed by atoms with van der Waals surface area (Å²) in [6, 6.07) is 8.18. The standard InChI is InChI=1S/C16H14BrClFNO/c17-11-5-9-3-4-21-16(9)10(6-11)7-15(20)13-2-1-12(18)8-14(13)19/h1-2,5-6,8,15H,3-4,7,20H2. The highest BCUT2D eigenvalue weighted by atomic mass is 79.9. The van der Waals surface area contributed by atoms with Crippen LogP contribution in [0.5, 0.6) is 5.75 Å². The molecule has 110 valence electrons. The molecule has 1 aliphatic rings. The molecular formula is C16H14BrClFNO.